The number of nitrogens with one attached hydrogen (secondary N) is 1. The quantitative estimate of drug-likeness (QED) is 0.846. The molecule has 0 spiro atoms. The van der Waals surface area contributed by atoms with Crippen LogP contribution in [0, 0.1) is 11.3 Å². The molecule has 2 rings (SSSR count). The number of rotatable bonds is 3. The van der Waals surface area contributed by atoms with Gasteiger partial charge in [0.1, 0.15) is 6.07 Å². The first-order chi connectivity index (χ1) is 10.1. The average molecular weight is 317 g/mol. The molecule has 2 aromatic carbocycles. The predicted molar refractivity (Wildman–Crippen MR) is 85.3 cm³/mol. The Kier molecular flexibility index (Phi) is 4.99. The van der Waals surface area contributed by atoms with E-state index in [1.807, 2.05) is 6.07 Å². The molecule has 1 amide bonds. The Morgan fingerprint density at radius 1 is 1.19 bits per heavy atom. The topological polar surface area (TPSA) is 52.9 Å². The zero-order valence-electron chi connectivity index (χ0n) is 10.8. The fraction of sp³-hybridized carbons (Fsp3) is 0. The number of carbonyl (C=O) groups is 1. The molecule has 2 aromatic rings. The number of amides is 1. The van der Waals surface area contributed by atoms with Gasteiger partial charge in [-0.15, -0.1) is 0 Å². The molecule has 0 saturated carbocycles. The van der Waals surface area contributed by atoms with Crippen molar-refractivity contribution in [2.45, 2.75) is 0 Å². The summed E-state index contributed by atoms with van der Waals surface area (Å²) in [5.41, 5.74) is 1.56. The summed E-state index contributed by atoms with van der Waals surface area (Å²) in [5.74, 6) is -0.344. The molecule has 0 aliphatic carbocycles. The van der Waals surface area contributed by atoms with Crippen LogP contribution in [-0.4, -0.2) is 5.91 Å². The molecule has 0 aliphatic heterocycles. The highest BCUT2D eigenvalue weighted by atomic mass is 35.5. The summed E-state index contributed by atoms with van der Waals surface area (Å²) in [6.07, 6.45) is 2.94. The maximum atomic E-state index is 11.9. The Morgan fingerprint density at radius 3 is 2.67 bits per heavy atom. The Bertz CT molecular complexity index is 748. The summed E-state index contributed by atoms with van der Waals surface area (Å²) in [6.45, 7) is 0. The van der Waals surface area contributed by atoms with Crippen molar-refractivity contribution in [3.05, 3.63) is 69.7 Å². The summed E-state index contributed by atoms with van der Waals surface area (Å²) < 4.78 is 0. The summed E-state index contributed by atoms with van der Waals surface area (Å²) in [6, 6.07) is 13.8. The van der Waals surface area contributed by atoms with Crippen LogP contribution in [0.5, 0.6) is 0 Å². The van der Waals surface area contributed by atoms with E-state index in [0.717, 1.165) is 0 Å². The summed E-state index contributed by atoms with van der Waals surface area (Å²) in [7, 11) is 0. The van der Waals surface area contributed by atoms with E-state index in [0.29, 0.717) is 26.9 Å². The molecular formula is C16H10Cl2N2O. The highest BCUT2D eigenvalue weighted by molar-refractivity contribution is 6.35. The average Bonchev–Trinajstić information content (AvgIpc) is 2.47. The van der Waals surface area contributed by atoms with Gasteiger partial charge in [-0.25, -0.2) is 0 Å². The fourth-order valence-electron chi connectivity index (χ4n) is 1.67. The van der Waals surface area contributed by atoms with Crippen LogP contribution in [0.2, 0.25) is 10.0 Å². The van der Waals surface area contributed by atoms with E-state index in [2.05, 4.69) is 5.32 Å². The van der Waals surface area contributed by atoms with Gasteiger partial charge < -0.3 is 5.32 Å². The molecule has 0 aromatic heterocycles. The summed E-state index contributed by atoms with van der Waals surface area (Å²) >= 11 is 11.8. The molecule has 0 atom stereocenters. The second kappa shape index (κ2) is 6.94. The second-order valence-corrected chi connectivity index (χ2v) is 4.99. The molecule has 5 heteroatoms. The zero-order chi connectivity index (χ0) is 15.2. The lowest BCUT2D eigenvalue weighted by Crippen LogP contribution is -2.08. The van der Waals surface area contributed by atoms with Crippen LogP contribution in [-0.2, 0) is 4.79 Å². The van der Waals surface area contributed by atoms with Gasteiger partial charge in [0.15, 0.2) is 0 Å². The molecule has 21 heavy (non-hydrogen) atoms. The molecule has 0 aliphatic rings. The third kappa shape index (κ3) is 4.09. The predicted octanol–water partition coefficient (Wildman–Crippen LogP) is 4.52. The molecule has 0 saturated heterocycles. The molecule has 0 unspecified atom stereocenters. The van der Waals surface area contributed by atoms with Crippen LogP contribution in [0.3, 0.4) is 0 Å². The molecule has 104 valence electrons. The van der Waals surface area contributed by atoms with E-state index in [1.165, 1.54) is 6.08 Å². The number of para-hydroxylation sites is 1. The Morgan fingerprint density at radius 2 is 1.95 bits per heavy atom. The lowest BCUT2D eigenvalue weighted by molar-refractivity contribution is -0.111. The lowest BCUT2D eigenvalue weighted by atomic mass is 10.2. The van der Waals surface area contributed by atoms with E-state index in [9.17, 15) is 4.79 Å². The number of halogens is 2. The molecule has 0 bridgehead atoms. The molecular weight excluding hydrogens is 307 g/mol. The van der Waals surface area contributed by atoms with E-state index in [-0.39, 0.29) is 5.91 Å². The van der Waals surface area contributed by atoms with Crippen molar-refractivity contribution in [3.8, 4) is 6.07 Å². The number of carbonyl (C=O) groups excluding carboxylic acids is 1. The molecule has 3 nitrogen and oxygen atoms in total. The fourth-order valence-corrected chi connectivity index (χ4v) is 2.14. The third-order valence-electron chi connectivity index (χ3n) is 2.68. The Labute approximate surface area is 132 Å². The van der Waals surface area contributed by atoms with Crippen LogP contribution in [0.25, 0.3) is 6.08 Å². The van der Waals surface area contributed by atoms with Gasteiger partial charge >= 0.3 is 0 Å². The Hall–Kier alpha value is -2.28. The maximum absolute atomic E-state index is 11.9. The van der Waals surface area contributed by atoms with E-state index in [4.69, 9.17) is 28.5 Å². The van der Waals surface area contributed by atoms with Crippen LogP contribution in [0.15, 0.2) is 48.5 Å². The van der Waals surface area contributed by atoms with Gasteiger partial charge in [-0.2, -0.15) is 5.26 Å². The van der Waals surface area contributed by atoms with Crippen molar-refractivity contribution in [1.82, 2.24) is 0 Å². The van der Waals surface area contributed by atoms with Gasteiger partial charge in [-0.3, -0.25) is 4.79 Å². The number of nitrogens with zero attached hydrogens (tertiary/aromatic N) is 1. The largest absolute Gasteiger partial charge is 0.321 e. The van der Waals surface area contributed by atoms with Crippen LogP contribution < -0.4 is 5.32 Å². The normalized spacial score (nSPS) is 10.3. The minimum atomic E-state index is -0.344. The molecule has 0 radical (unpaired) electrons. The number of anilines is 1. The van der Waals surface area contributed by atoms with Gasteiger partial charge in [-0.1, -0.05) is 41.4 Å². The second-order valence-electron chi connectivity index (χ2n) is 4.15. The minimum Gasteiger partial charge on any atom is -0.321 e. The van der Waals surface area contributed by atoms with E-state index in [1.54, 1.807) is 48.5 Å². The summed E-state index contributed by atoms with van der Waals surface area (Å²) in [5, 5.41) is 12.6. The maximum Gasteiger partial charge on any atom is 0.248 e. The molecule has 1 N–H and O–H groups in total. The first kappa shape index (κ1) is 15.1. The van der Waals surface area contributed by atoms with Crippen molar-refractivity contribution in [2.24, 2.45) is 0 Å². The van der Waals surface area contributed by atoms with Crippen molar-refractivity contribution >= 4 is 40.9 Å². The van der Waals surface area contributed by atoms with Gasteiger partial charge in [0.05, 0.1) is 11.3 Å². The minimum absolute atomic E-state index is 0.344. The highest BCUT2D eigenvalue weighted by Gasteiger charge is 2.04. The van der Waals surface area contributed by atoms with Crippen LogP contribution in [0.4, 0.5) is 5.69 Å². The van der Waals surface area contributed by atoms with E-state index < -0.39 is 0 Å². The molecule has 0 heterocycles. The van der Waals surface area contributed by atoms with Gasteiger partial charge in [0.25, 0.3) is 0 Å². The number of nitriles is 1. The van der Waals surface area contributed by atoms with Crippen molar-refractivity contribution in [3.63, 3.8) is 0 Å². The summed E-state index contributed by atoms with van der Waals surface area (Å²) in [4.78, 5) is 11.9. The van der Waals surface area contributed by atoms with Gasteiger partial charge in [0.2, 0.25) is 5.91 Å². The van der Waals surface area contributed by atoms with Crippen molar-refractivity contribution < 1.29 is 4.79 Å². The van der Waals surface area contributed by atoms with Crippen molar-refractivity contribution in [1.29, 1.82) is 5.26 Å². The van der Waals surface area contributed by atoms with Gasteiger partial charge in [-0.05, 0) is 35.9 Å². The third-order valence-corrected chi connectivity index (χ3v) is 3.24. The van der Waals surface area contributed by atoms with E-state index >= 15 is 0 Å². The highest BCUT2D eigenvalue weighted by Crippen LogP contribution is 2.22. The molecule has 0 fully saturated rings. The standard InChI is InChI=1S/C16H10Cl2N2O/c17-13-7-5-11(14(18)9-13)6-8-16(21)20-15-4-2-1-3-12(15)10-19/h1-9H,(H,20,21)/b8-6+. The number of benzene rings is 2. The van der Waals surface area contributed by atoms with Crippen LogP contribution in [0.1, 0.15) is 11.1 Å². The lowest BCUT2D eigenvalue weighted by Gasteiger charge is -2.04. The van der Waals surface area contributed by atoms with Crippen molar-refractivity contribution in [2.75, 3.05) is 5.32 Å². The van der Waals surface area contributed by atoms with Gasteiger partial charge in [0, 0.05) is 16.1 Å². The SMILES string of the molecule is N#Cc1ccccc1NC(=O)/C=C/c1ccc(Cl)cc1Cl. The first-order valence-electron chi connectivity index (χ1n) is 6.03. The monoisotopic (exact) mass is 316 g/mol. The first-order valence-corrected chi connectivity index (χ1v) is 6.79. The zero-order valence-corrected chi connectivity index (χ0v) is 12.3. The number of hydrogen-bond acceptors (Lipinski definition) is 2. The number of hydrogen-bond donors (Lipinski definition) is 1. The smallest absolute Gasteiger partial charge is 0.248 e. The van der Waals surface area contributed by atoms with Crippen LogP contribution >= 0.6 is 23.2 Å². The Balaban J connectivity index is 2.11.